The van der Waals surface area contributed by atoms with Gasteiger partial charge in [-0.25, -0.2) is 0 Å². The summed E-state index contributed by atoms with van der Waals surface area (Å²) in [4.78, 5) is 0. The molecule has 1 atom stereocenters. The van der Waals surface area contributed by atoms with Gasteiger partial charge in [0, 0.05) is 11.7 Å². The SMILES string of the molecule is CC(C)C[C@@H](Cc1ccccc1)Nc1ccccc1. The van der Waals surface area contributed by atoms with E-state index in [0.29, 0.717) is 12.0 Å². The van der Waals surface area contributed by atoms with Gasteiger partial charge in [-0.2, -0.15) is 0 Å². The van der Waals surface area contributed by atoms with E-state index in [4.69, 9.17) is 0 Å². The predicted octanol–water partition coefficient (Wildman–Crippen LogP) is 4.76. The largest absolute Gasteiger partial charge is 0.382 e. The highest BCUT2D eigenvalue weighted by Crippen LogP contribution is 2.16. The smallest absolute Gasteiger partial charge is 0.0342 e. The van der Waals surface area contributed by atoms with E-state index in [1.54, 1.807) is 0 Å². The fourth-order valence-electron chi connectivity index (χ4n) is 2.43. The first-order valence-corrected chi connectivity index (χ1v) is 7.09. The maximum absolute atomic E-state index is 3.66. The highest BCUT2D eigenvalue weighted by molar-refractivity contribution is 5.43. The van der Waals surface area contributed by atoms with Gasteiger partial charge in [-0.05, 0) is 36.5 Å². The minimum absolute atomic E-state index is 0.491. The van der Waals surface area contributed by atoms with Gasteiger partial charge in [0.1, 0.15) is 0 Å². The molecule has 2 rings (SSSR count). The van der Waals surface area contributed by atoms with Crippen LogP contribution in [0.1, 0.15) is 25.8 Å². The molecule has 0 aromatic heterocycles. The van der Waals surface area contributed by atoms with Crippen LogP contribution in [-0.2, 0) is 6.42 Å². The molecule has 0 heterocycles. The van der Waals surface area contributed by atoms with Crippen LogP contribution < -0.4 is 5.32 Å². The van der Waals surface area contributed by atoms with E-state index in [9.17, 15) is 0 Å². The Morgan fingerprint density at radius 3 is 2.00 bits per heavy atom. The second kappa shape index (κ2) is 6.98. The van der Waals surface area contributed by atoms with Gasteiger partial charge in [0.2, 0.25) is 0 Å². The molecule has 2 aromatic carbocycles. The van der Waals surface area contributed by atoms with Crippen LogP contribution in [0.5, 0.6) is 0 Å². The predicted molar refractivity (Wildman–Crippen MR) is 83.5 cm³/mol. The molecule has 0 amide bonds. The van der Waals surface area contributed by atoms with E-state index < -0.39 is 0 Å². The third-order valence-electron chi connectivity index (χ3n) is 3.23. The second-order valence-electron chi connectivity index (χ2n) is 5.53. The molecule has 0 bridgehead atoms. The average molecular weight is 253 g/mol. The summed E-state index contributed by atoms with van der Waals surface area (Å²) in [6.45, 7) is 4.56. The number of benzene rings is 2. The van der Waals surface area contributed by atoms with E-state index in [-0.39, 0.29) is 0 Å². The lowest BCUT2D eigenvalue weighted by Gasteiger charge is -2.22. The molecule has 1 N–H and O–H groups in total. The molecule has 0 aliphatic carbocycles. The Hall–Kier alpha value is -1.76. The van der Waals surface area contributed by atoms with Crippen molar-refractivity contribution in [3.05, 3.63) is 66.2 Å². The zero-order chi connectivity index (χ0) is 13.5. The fourth-order valence-corrected chi connectivity index (χ4v) is 2.43. The Morgan fingerprint density at radius 1 is 0.842 bits per heavy atom. The third-order valence-corrected chi connectivity index (χ3v) is 3.23. The summed E-state index contributed by atoms with van der Waals surface area (Å²) >= 11 is 0. The molecule has 2 aromatic rings. The quantitative estimate of drug-likeness (QED) is 0.783. The topological polar surface area (TPSA) is 12.0 Å². The Labute approximate surface area is 116 Å². The number of para-hydroxylation sites is 1. The van der Waals surface area contributed by atoms with E-state index in [2.05, 4.69) is 79.8 Å². The Kier molecular flexibility index (Phi) is 5.02. The summed E-state index contributed by atoms with van der Waals surface area (Å²) in [6.07, 6.45) is 2.26. The van der Waals surface area contributed by atoms with E-state index in [0.717, 1.165) is 6.42 Å². The number of anilines is 1. The molecule has 0 saturated carbocycles. The average Bonchev–Trinajstić information content (AvgIpc) is 2.40. The van der Waals surface area contributed by atoms with Crippen LogP contribution >= 0.6 is 0 Å². The molecule has 0 unspecified atom stereocenters. The Balaban J connectivity index is 2.03. The van der Waals surface area contributed by atoms with Crippen LogP contribution in [0.25, 0.3) is 0 Å². The van der Waals surface area contributed by atoms with Crippen molar-refractivity contribution in [3.8, 4) is 0 Å². The molecule has 1 nitrogen and oxygen atoms in total. The van der Waals surface area contributed by atoms with Gasteiger partial charge in [-0.1, -0.05) is 62.4 Å². The maximum Gasteiger partial charge on any atom is 0.0342 e. The molecule has 0 aliphatic rings. The normalized spacial score (nSPS) is 12.4. The van der Waals surface area contributed by atoms with Crippen LogP contribution in [0.3, 0.4) is 0 Å². The standard InChI is InChI=1S/C18H23N/c1-15(2)13-18(14-16-9-5-3-6-10-16)19-17-11-7-4-8-12-17/h3-12,15,18-19H,13-14H2,1-2H3/t18-/m0/s1. The molecular weight excluding hydrogens is 230 g/mol. The van der Waals surface area contributed by atoms with E-state index >= 15 is 0 Å². The van der Waals surface area contributed by atoms with Gasteiger partial charge in [0.05, 0.1) is 0 Å². The summed E-state index contributed by atoms with van der Waals surface area (Å²) in [5, 5.41) is 3.66. The number of nitrogens with one attached hydrogen (secondary N) is 1. The minimum Gasteiger partial charge on any atom is -0.382 e. The first-order valence-electron chi connectivity index (χ1n) is 7.09. The van der Waals surface area contributed by atoms with Crippen molar-refractivity contribution in [1.29, 1.82) is 0 Å². The van der Waals surface area contributed by atoms with Crippen LogP contribution in [0.4, 0.5) is 5.69 Å². The molecule has 0 saturated heterocycles. The molecule has 0 radical (unpaired) electrons. The summed E-state index contributed by atoms with van der Waals surface area (Å²) < 4.78 is 0. The summed E-state index contributed by atoms with van der Waals surface area (Å²) in [5.41, 5.74) is 2.61. The highest BCUT2D eigenvalue weighted by Gasteiger charge is 2.11. The monoisotopic (exact) mass is 253 g/mol. The lowest BCUT2D eigenvalue weighted by Crippen LogP contribution is -2.24. The molecule has 100 valence electrons. The summed E-state index contributed by atoms with van der Waals surface area (Å²) in [5.74, 6) is 0.699. The fraction of sp³-hybridized carbons (Fsp3) is 0.333. The second-order valence-corrected chi connectivity index (χ2v) is 5.53. The van der Waals surface area contributed by atoms with Crippen LogP contribution in [0.15, 0.2) is 60.7 Å². The van der Waals surface area contributed by atoms with Gasteiger partial charge < -0.3 is 5.32 Å². The zero-order valence-corrected chi connectivity index (χ0v) is 11.8. The van der Waals surface area contributed by atoms with Crippen molar-refractivity contribution in [2.24, 2.45) is 5.92 Å². The van der Waals surface area contributed by atoms with Crippen molar-refractivity contribution >= 4 is 5.69 Å². The molecule has 1 heteroatoms. The number of hydrogen-bond donors (Lipinski definition) is 1. The van der Waals surface area contributed by atoms with Crippen molar-refractivity contribution in [1.82, 2.24) is 0 Å². The van der Waals surface area contributed by atoms with Crippen molar-refractivity contribution in [2.45, 2.75) is 32.7 Å². The first kappa shape index (κ1) is 13.7. The van der Waals surface area contributed by atoms with Crippen LogP contribution in [0.2, 0.25) is 0 Å². The van der Waals surface area contributed by atoms with Crippen molar-refractivity contribution in [2.75, 3.05) is 5.32 Å². The molecule has 0 aliphatic heterocycles. The van der Waals surface area contributed by atoms with E-state index in [1.165, 1.54) is 17.7 Å². The Morgan fingerprint density at radius 2 is 1.42 bits per heavy atom. The molecule has 0 spiro atoms. The lowest BCUT2D eigenvalue weighted by molar-refractivity contribution is 0.515. The van der Waals surface area contributed by atoms with Crippen molar-refractivity contribution in [3.63, 3.8) is 0 Å². The third kappa shape index (κ3) is 4.78. The number of rotatable bonds is 6. The minimum atomic E-state index is 0.491. The summed E-state index contributed by atoms with van der Waals surface area (Å²) in [7, 11) is 0. The van der Waals surface area contributed by atoms with Gasteiger partial charge in [-0.15, -0.1) is 0 Å². The van der Waals surface area contributed by atoms with Gasteiger partial charge >= 0.3 is 0 Å². The molecule has 19 heavy (non-hydrogen) atoms. The maximum atomic E-state index is 3.66. The number of hydrogen-bond acceptors (Lipinski definition) is 1. The first-order chi connectivity index (χ1) is 9.24. The summed E-state index contributed by atoms with van der Waals surface area (Å²) in [6, 6.07) is 21.7. The van der Waals surface area contributed by atoms with Crippen LogP contribution in [0, 0.1) is 5.92 Å². The van der Waals surface area contributed by atoms with Gasteiger partial charge in [-0.3, -0.25) is 0 Å². The van der Waals surface area contributed by atoms with Gasteiger partial charge in [0.15, 0.2) is 0 Å². The zero-order valence-electron chi connectivity index (χ0n) is 11.8. The Bertz CT molecular complexity index is 420. The van der Waals surface area contributed by atoms with Crippen LogP contribution in [-0.4, -0.2) is 6.04 Å². The van der Waals surface area contributed by atoms with Crippen molar-refractivity contribution < 1.29 is 0 Å². The lowest BCUT2D eigenvalue weighted by atomic mass is 9.97. The highest BCUT2D eigenvalue weighted by atomic mass is 14.9. The van der Waals surface area contributed by atoms with Gasteiger partial charge in [0.25, 0.3) is 0 Å². The molecular formula is C18H23N. The molecule has 0 fully saturated rings. The van der Waals surface area contributed by atoms with E-state index in [1.807, 2.05) is 0 Å².